The predicted octanol–water partition coefficient (Wildman–Crippen LogP) is 2.16. The average Bonchev–Trinajstić information content (AvgIpc) is 2.61. The summed E-state index contributed by atoms with van der Waals surface area (Å²) in [6.45, 7) is 1.21. The number of hydrogen-bond donors (Lipinski definition) is 1. The van der Waals surface area contributed by atoms with Gasteiger partial charge in [-0.3, -0.25) is 4.79 Å². The molecule has 2 heterocycles. The van der Waals surface area contributed by atoms with Crippen LogP contribution in [0.25, 0.3) is 0 Å². The number of piperazine rings is 1. The molecule has 25 heavy (non-hydrogen) atoms. The first-order valence-electron chi connectivity index (χ1n) is 7.59. The number of nitrogens with zero attached hydrogens (tertiary/aromatic N) is 4. The Morgan fingerprint density at radius 3 is 2.40 bits per heavy atom. The number of aromatic hydroxyl groups is 1. The van der Waals surface area contributed by atoms with E-state index < -0.39 is 11.9 Å². The number of phenols is 1. The fourth-order valence-electron chi connectivity index (χ4n) is 2.59. The number of carbonyl (C=O) groups is 1. The molecule has 0 bridgehead atoms. The number of rotatable bonds is 2. The third kappa shape index (κ3) is 3.65. The molecule has 132 valence electrons. The molecular weight excluding hydrogens is 337 g/mol. The molecule has 0 saturated carbocycles. The van der Waals surface area contributed by atoms with Crippen molar-refractivity contribution in [1.29, 1.82) is 0 Å². The Balaban J connectivity index is 1.68. The SMILES string of the molecule is O=C(c1ccccc1O)N1CCN(c2nccc(C(F)(F)F)n2)CC1. The minimum absolute atomic E-state index is 0.00974. The Labute approximate surface area is 141 Å². The van der Waals surface area contributed by atoms with E-state index in [-0.39, 0.29) is 23.2 Å². The summed E-state index contributed by atoms with van der Waals surface area (Å²) in [4.78, 5) is 23.0. The van der Waals surface area contributed by atoms with Crippen LogP contribution in [0, 0.1) is 0 Å². The summed E-state index contributed by atoms with van der Waals surface area (Å²) in [5, 5.41) is 9.76. The average molecular weight is 352 g/mol. The van der Waals surface area contributed by atoms with Crippen molar-refractivity contribution in [3.05, 3.63) is 47.8 Å². The van der Waals surface area contributed by atoms with Crippen LogP contribution in [0.3, 0.4) is 0 Å². The molecule has 1 fully saturated rings. The van der Waals surface area contributed by atoms with Gasteiger partial charge in [-0.05, 0) is 18.2 Å². The zero-order chi connectivity index (χ0) is 18.0. The lowest BCUT2D eigenvalue weighted by Gasteiger charge is -2.35. The molecule has 1 aliphatic heterocycles. The summed E-state index contributed by atoms with van der Waals surface area (Å²) < 4.78 is 38.2. The van der Waals surface area contributed by atoms with E-state index in [1.165, 1.54) is 12.1 Å². The summed E-state index contributed by atoms with van der Waals surface area (Å²) in [5.41, 5.74) is -0.795. The van der Waals surface area contributed by atoms with Crippen molar-refractivity contribution >= 4 is 11.9 Å². The topological polar surface area (TPSA) is 69.6 Å². The second-order valence-corrected chi connectivity index (χ2v) is 5.54. The van der Waals surface area contributed by atoms with Crippen molar-refractivity contribution in [2.75, 3.05) is 31.1 Å². The molecule has 0 atom stereocenters. The van der Waals surface area contributed by atoms with Gasteiger partial charge >= 0.3 is 6.18 Å². The maximum atomic E-state index is 12.7. The highest BCUT2D eigenvalue weighted by molar-refractivity contribution is 5.96. The van der Waals surface area contributed by atoms with Crippen molar-refractivity contribution in [2.24, 2.45) is 0 Å². The number of amides is 1. The summed E-state index contributed by atoms with van der Waals surface area (Å²) in [6.07, 6.45) is -3.45. The molecule has 0 aliphatic carbocycles. The molecule has 6 nitrogen and oxygen atoms in total. The monoisotopic (exact) mass is 352 g/mol. The molecule has 3 rings (SSSR count). The number of carbonyl (C=O) groups excluding carboxylic acids is 1. The van der Waals surface area contributed by atoms with E-state index in [4.69, 9.17) is 0 Å². The van der Waals surface area contributed by atoms with Crippen LogP contribution < -0.4 is 4.90 Å². The molecule has 2 aromatic rings. The minimum atomic E-state index is -4.53. The summed E-state index contributed by atoms with van der Waals surface area (Å²) in [5.74, 6) is -0.427. The Morgan fingerprint density at radius 2 is 1.76 bits per heavy atom. The maximum absolute atomic E-state index is 12.7. The Bertz CT molecular complexity index is 774. The third-order valence-electron chi connectivity index (χ3n) is 3.92. The second-order valence-electron chi connectivity index (χ2n) is 5.54. The van der Waals surface area contributed by atoms with E-state index in [1.807, 2.05) is 0 Å². The van der Waals surface area contributed by atoms with E-state index in [1.54, 1.807) is 21.9 Å². The van der Waals surface area contributed by atoms with Crippen LogP contribution in [-0.4, -0.2) is 52.1 Å². The standard InChI is InChI=1S/C16H15F3N4O2/c17-16(18,19)13-5-6-20-15(21-13)23-9-7-22(8-10-23)14(25)11-3-1-2-4-12(11)24/h1-6,24H,7-10H2. The Kier molecular flexibility index (Phi) is 4.47. The van der Waals surface area contributed by atoms with Crippen molar-refractivity contribution in [3.8, 4) is 5.75 Å². The predicted molar refractivity (Wildman–Crippen MR) is 83.3 cm³/mol. The van der Waals surface area contributed by atoms with Gasteiger partial charge in [-0.1, -0.05) is 12.1 Å². The number of alkyl halides is 3. The van der Waals surface area contributed by atoms with Crippen molar-refractivity contribution < 1.29 is 23.1 Å². The van der Waals surface area contributed by atoms with Gasteiger partial charge in [0.25, 0.3) is 5.91 Å². The van der Waals surface area contributed by atoms with Crippen LogP contribution in [0.4, 0.5) is 19.1 Å². The van der Waals surface area contributed by atoms with Gasteiger partial charge in [0.1, 0.15) is 11.4 Å². The third-order valence-corrected chi connectivity index (χ3v) is 3.92. The smallest absolute Gasteiger partial charge is 0.433 e. The highest BCUT2D eigenvalue weighted by atomic mass is 19.4. The fourth-order valence-corrected chi connectivity index (χ4v) is 2.59. The molecule has 0 radical (unpaired) electrons. The maximum Gasteiger partial charge on any atom is 0.433 e. The quantitative estimate of drug-likeness (QED) is 0.897. The molecule has 1 aromatic heterocycles. The zero-order valence-electron chi connectivity index (χ0n) is 13.1. The lowest BCUT2D eigenvalue weighted by atomic mass is 10.1. The molecule has 0 spiro atoms. The molecule has 9 heteroatoms. The van der Waals surface area contributed by atoms with E-state index in [0.717, 1.165) is 12.3 Å². The van der Waals surface area contributed by atoms with Crippen LogP contribution in [0.15, 0.2) is 36.5 Å². The summed E-state index contributed by atoms with van der Waals surface area (Å²) in [6, 6.07) is 7.05. The van der Waals surface area contributed by atoms with E-state index >= 15 is 0 Å². The highest BCUT2D eigenvalue weighted by Gasteiger charge is 2.33. The van der Waals surface area contributed by atoms with Crippen molar-refractivity contribution in [2.45, 2.75) is 6.18 Å². The number of anilines is 1. The minimum Gasteiger partial charge on any atom is -0.507 e. The van der Waals surface area contributed by atoms with E-state index in [2.05, 4.69) is 9.97 Å². The van der Waals surface area contributed by atoms with Crippen molar-refractivity contribution in [3.63, 3.8) is 0 Å². The van der Waals surface area contributed by atoms with E-state index in [9.17, 15) is 23.1 Å². The Hall–Kier alpha value is -2.84. The number of benzene rings is 1. The number of hydrogen-bond acceptors (Lipinski definition) is 5. The number of halogens is 3. The van der Waals surface area contributed by atoms with Gasteiger partial charge in [-0.15, -0.1) is 0 Å². The second kappa shape index (κ2) is 6.58. The van der Waals surface area contributed by atoms with Crippen molar-refractivity contribution in [1.82, 2.24) is 14.9 Å². The van der Waals surface area contributed by atoms with Gasteiger partial charge in [0, 0.05) is 32.4 Å². The van der Waals surface area contributed by atoms with E-state index in [0.29, 0.717) is 26.2 Å². The molecule has 1 aliphatic rings. The first-order chi connectivity index (χ1) is 11.9. The van der Waals surface area contributed by atoms with Crippen LogP contribution in [0.2, 0.25) is 0 Å². The number of para-hydroxylation sites is 1. The van der Waals surface area contributed by atoms with Gasteiger partial charge in [0.05, 0.1) is 5.56 Å². The first kappa shape index (κ1) is 17.0. The van der Waals surface area contributed by atoms with Crippen LogP contribution >= 0.6 is 0 Å². The molecule has 1 amide bonds. The number of phenolic OH excluding ortho intramolecular Hbond substituents is 1. The van der Waals surface area contributed by atoms with Gasteiger partial charge in [-0.25, -0.2) is 9.97 Å². The zero-order valence-corrected chi connectivity index (χ0v) is 13.1. The lowest BCUT2D eigenvalue weighted by molar-refractivity contribution is -0.141. The summed E-state index contributed by atoms with van der Waals surface area (Å²) in [7, 11) is 0. The fraction of sp³-hybridized carbons (Fsp3) is 0.312. The Morgan fingerprint density at radius 1 is 1.08 bits per heavy atom. The molecule has 1 saturated heterocycles. The van der Waals surface area contributed by atoms with Gasteiger partial charge in [-0.2, -0.15) is 13.2 Å². The lowest BCUT2D eigenvalue weighted by Crippen LogP contribution is -2.49. The molecule has 0 unspecified atom stereocenters. The summed E-state index contributed by atoms with van der Waals surface area (Å²) >= 11 is 0. The van der Waals surface area contributed by atoms with Gasteiger partial charge in [0.2, 0.25) is 5.95 Å². The van der Waals surface area contributed by atoms with Crippen LogP contribution in [0.1, 0.15) is 16.1 Å². The van der Waals surface area contributed by atoms with Gasteiger partial charge in [0.15, 0.2) is 0 Å². The van der Waals surface area contributed by atoms with Gasteiger partial charge < -0.3 is 14.9 Å². The van der Waals surface area contributed by atoms with Crippen LogP contribution in [-0.2, 0) is 6.18 Å². The molecule has 1 aromatic carbocycles. The number of aromatic nitrogens is 2. The first-order valence-corrected chi connectivity index (χ1v) is 7.59. The molecule has 1 N–H and O–H groups in total. The molecular formula is C16H15F3N4O2. The highest BCUT2D eigenvalue weighted by Crippen LogP contribution is 2.28. The van der Waals surface area contributed by atoms with Crippen LogP contribution in [0.5, 0.6) is 5.75 Å². The largest absolute Gasteiger partial charge is 0.507 e. The normalized spacial score (nSPS) is 15.3.